The van der Waals surface area contributed by atoms with Crippen molar-refractivity contribution in [1.29, 1.82) is 0 Å². The molecule has 0 aromatic carbocycles. The fourth-order valence-electron chi connectivity index (χ4n) is 1.34. The third-order valence-electron chi connectivity index (χ3n) is 2.10. The van der Waals surface area contributed by atoms with E-state index in [9.17, 15) is 4.79 Å². The molecule has 0 spiro atoms. The van der Waals surface area contributed by atoms with Crippen LogP contribution in [-0.2, 0) is 11.3 Å². The molecule has 0 fully saturated rings. The molecule has 84 valence electrons. The minimum atomic E-state index is 0.0231. The summed E-state index contributed by atoms with van der Waals surface area (Å²) in [5, 5.41) is 7.10. The summed E-state index contributed by atoms with van der Waals surface area (Å²) in [6.45, 7) is 9.06. The number of hydrogen-bond acceptors (Lipinski definition) is 2. The Morgan fingerprint density at radius 3 is 2.67 bits per heavy atom. The van der Waals surface area contributed by atoms with Crippen LogP contribution in [0.25, 0.3) is 0 Å². The normalized spacial score (nSPS) is 10.7. The first kappa shape index (κ1) is 11.8. The van der Waals surface area contributed by atoms with Gasteiger partial charge >= 0.3 is 0 Å². The van der Waals surface area contributed by atoms with E-state index in [1.807, 2.05) is 19.9 Å². The molecule has 4 heteroatoms. The first-order valence-corrected chi connectivity index (χ1v) is 5.26. The van der Waals surface area contributed by atoms with Gasteiger partial charge in [-0.25, -0.2) is 0 Å². The summed E-state index contributed by atoms with van der Waals surface area (Å²) in [6, 6.07) is 1.97. The molecule has 0 aliphatic rings. The van der Waals surface area contributed by atoms with Crippen LogP contribution in [-0.4, -0.2) is 22.2 Å². The van der Waals surface area contributed by atoms with Crippen LogP contribution in [0.3, 0.4) is 0 Å². The zero-order valence-electron chi connectivity index (χ0n) is 9.87. The van der Waals surface area contributed by atoms with Gasteiger partial charge in [0.05, 0.1) is 5.69 Å². The molecule has 1 rings (SSSR count). The Hall–Kier alpha value is -1.32. The lowest BCUT2D eigenvalue weighted by Gasteiger charge is -2.08. The van der Waals surface area contributed by atoms with E-state index >= 15 is 0 Å². The Bertz CT molecular complexity index is 342. The van der Waals surface area contributed by atoms with Crippen LogP contribution in [0.4, 0.5) is 0 Å². The van der Waals surface area contributed by atoms with E-state index in [1.165, 1.54) is 0 Å². The van der Waals surface area contributed by atoms with Crippen LogP contribution in [0.5, 0.6) is 0 Å². The quantitative estimate of drug-likeness (QED) is 0.811. The maximum absolute atomic E-state index is 11.5. The number of carbonyl (C=O) groups excluding carboxylic acids is 1. The van der Waals surface area contributed by atoms with Crippen molar-refractivity contribution in [1.82, 2.24) is 15.1 Å². The van der Waals surface area contributed by atoms with Gasteiger partial charge in [-0.1, -0.05) is 13.8 Å². The van der Waals surface area contributed by atoms with Crippen molar-refractivity contribution in [2.75, 3.05) is 6.54 Å². The Kier molecular flexibility index (Phi) is 3.88. The van der Waals surface area contributed by atoms with E-state index in [2.05, 4.69) is 24.3 Å². The molecule has 1 heterocycles. The molecule has 0 radical (unpaired) electrons. The van der Waals surface area contributed by atoms with Crippen molar-refractivity contribution >= 4 is 5.91 Å². The van der Waals surface area contributed by atoms with Gasteiger partial charge in [-0.15, -0.1) is 0 Å². The first-order valence-electron chi connectivity index (χ1n) is 5.26. The number of aromatic nitrogens is 2. The van der Waals surface area contributed by atoms with Crippen LogP contribution < -0.4 is 5.32 Å². The van der Waals surface area contributed by atoms with Gasteiger partial charge < -0.3 is 5.32 Å². The predicted octanol–water partition coefficient (Wildman–Crippen LogP) is 1.27. The summed E-state index contributed by atoms with van der Waals surface area (Å²) >= 11 is 0. The largest absolute Gasteiger partial charge is 0.354 e. The van der Waals surface area contributed by atoms with E-state index in [0.717, 1.165) is 17.9 Å². The summed E-state index contributed by atoms with van der Waals surface area (Å²) in [5.74, 6) is 0.504. The molecule has 1 amide bonds. The topological polar surface area (TPSA) is 46.9 Å². The number of nitrogens with one attached hydrogen (secondary N) is 1. The van der Waals surface area contributed by atoms with Crippen LogP contribution in [0, 0.1) is 19.8 Å². The van der Waals surface area contributed by atoms with Gasteiger partial charge in [0, 0.05) is 12.2 Å². The van der Waals surface area contributed by atoms with Crippen molar-refractivity contribution in [2.45, 2.75) is 34.2 Å². The summed E-state index contributed by atoms with van der Waals surface area (Å²) in [6.07, 6.45) is 0. The lowest BCUT2D eigenvalue weighted by atomic mass is 10.2. The highest BCUT2D eigenvalue weighted by Crippen LogP contribution is 2.01. The standard InChI is InChI=1S/C11H19N3O/c1-8(2)6-12-11(15)7-14-10(4)5-9(3)13-14/h5,8H,6-7H2,1-4H3,(H,12,15). The third kappa shape index (κ3) is 3.73. The van der Waals surface area contributed by atoms with E-state index in [-0.39, 0.29) is 5.91 Å². The third-order valence-corrected chi connectivity index (χ3v) is 2.10. The van der Waals surface area contributed by atoms with Crippen molar-refractivity contribution in [3.63, 3.8) is 0 Å². The SMILES string of the molecule is Cc1cc(C)n(CC(=O)NCC(C)C)n1. The molecule has 4 nitrogen and oxygen atoms in total. The fourth-order valence-corrected chi connectivity index (χ4v) is 1.34. The van der Waals surface area contributed by atoms with Crippen molar-refractivity contribution in [3.8, 4) is 0 Å². The monoisotopic (exact) mass is 209 g/mol. The molecule has 0 aliphatic heterocycles. The molecule has 1 aromatic heterocycles. The lowest BCUT2D eigenvalue weighted by Crippen LogP contribution is -2.31. The Labute approximate surface area is 90.7 Å². The molecule has 0 saturated heterocycles. The molecule has 0 unspecified atom stereocenters. The maximum atomic E-state index is 11.5. The van der Waals surface area contributed by atoms with Gasteiger partial charge in [-0.05, 0) is 25.8 Å². The van der Waals surface area contributed by atoms with Gasteiger partial charge in [0.15, 0.2) is 0 Å². The van der Waals surface area contributed by atoms with Gasteiger partial charge in [0.1, 0.15) is 6.54 Å². The highest BCUT2D eigenvalue weighted by Gasteiger charge is 2.06. The van der Waals surface area contributed by atoms with Gasteiger partial charge in [0.2, 0.25) is 5.91 Å². The molecule has 0 bridgehead atoms. The Morgan fingerprint density at radius 2 is 2.20 bits per heavy atom. The lowest BCUT2D eigenvalue weighted by molar-refractivity contribution is -0.122. The average Bonchev–Trinajstić information content (AvgIpc) is 2.42. The summed E-state index contributed by atoms with van der Waals surface area (Å²) in [5.41, 5.74) is 1.97. The second-order valence-electron chi connectivity index (χ2n) is 4.28. The van der Waals surface area contributed by atoms with E-state index in [1.54, 1.807) is 4.68 Å². The second kappa shape index (κ2) is 4.96. The number of hydrogen-bond donors (Lipinski definition) is 1. The maximum Gasteiger partial charge on any atom is 0.241 e. The van der Waals surface area contributed by atoms with Crippen LogP contribution >= 0.6 is 0 Å². The number of aryl methyl sites for hydroxylation is 2. The molecular formula is C11H19N3O. The minimum absolute atomic E-state index is 0.0231. The molecular weight excluding hydrogens is 190 g/mol. The molecule has 1 N–H and O–H groups in total. The number of nitrogens with zero attached hydrogens (tertiary/aromatic N) is 2. The van der Waals surface area contributed by atoms with Crippen molar-refractivity contribution < 1.29 is 4.79 Å². The summed E-state index contributed by atoms with van der Waals surface area (Å²) in [7, 11) is 0. The van der Waals surface area contributed by atoms with Crippen LogP contribution in [0.15, 0.2) is 6.07 Å². The first-order chi connectivity index (χ1) is 6.99. The van der Waals surface area contributed by atoms with E-state index < -0.39 is 0 Å². The highest BCUT2D eigenvalue weighted by atomic mass is 16.2. The molecule has 0 atom stereocenters. The van der Waals surface area contributed by atoms with E-state index in [0.29, 0.717) is 12.5 Å². The Morgan fingerprint density at radius 1 is 1.53 bits per heavy atom. The van der Waals surface area contributed by atoms with Crippen LogP contribution in [0.1, 0.15) is 25.2 Å². The van der Waals surface area contributed by atoms with Crippen LogP contribution in [0.2, 0.25) is 0 Å². The summed E-state index contributed by atoms with van der Waals surface area (Å²) in [4.78, 5) is 11.5. The molecule has 0 aliphatic carbocycles. The molecule has 1 aromatic rings. The van der Waals surface area contributed by atoms with Gasteiger partial charge in [-0.2, -0.15) is 5.10 Å². The minimum Gasteiger partial charge on any atom is -0.354 e. The van der Waals surface area contributed by atoms with Gasteiger partial charge in [0.25, 0.3) is 0 Å². The number of amides is 1. The van der Waals surface area contributed by atoms with Crippen molar-refractivity contribution in [2.24, 2.45) is 5.92 Å². The molecule has 15 heavy (non-hydrogen) atoms. The van der Waals surface area contributed by atoms with Gasteiger partial charge in [-0.3, -0.25) is 9.48 Å². The zero-order valence-corrected chi connectivity index (χ0v) is 9.87. The van der Waals surface area contributed by atoms with Crippen molar-refractivity contribution in [3.05, 3.63) is 17.5 Å². The number of carbonyl (C=O) groups is 1. The number of rotatable bonds is 4. The fraction of sp³-hybridized carbons (Fsp3) is 0.636. The molecule has 0 saturated carbocycles. The van der Waals surface area contributed by atoms with E-state index in [4.69, 9.17) is 0 Å². The predicted molar refractivity (Wildman–Crippen MR) is 59.5 cm³/mol. The Balaban J connectivity index is 2.48. The summed E-state index contributed by atoms with van der Waals surface area (Å²) < 4.78 is 1.73. The second-order valence-corrected chi connectivity index (χ2v) is 4.28. The zero-order chi connectivity index (χ0) is 11.4. The average molecular weight is 209 g/mol. The smallest absolute Gasteiger partial charge is 0.241 e. The highest BCUT2D eigenvalue weighted by molar-refractivity contribution is 5.75.